The second kappa shape index (κ2) is 13.5. The Labute approximate surface area is 276 Å². The summed E-state index contributed by atoms with van der Waals surface area (Å²) in [4.78, 5) is 21.7. The molecule has 0 bridgehead atoms. The molecule has 4 aromatic rings. The molecule has 2 fully saturated rings. The van der Waals surface area contributed by atoms with Crippen LogP contribution in [0.25, 0.3) is 11.1 Å². The highest BCUT2D eigenvalue weighted by Crippen LogP contribution is 2.39. The zero-order chi connectivity index (χ0) is 32.6. The number of aromatic nitrogens is 3. The van der Waals surface area contributed by atoms with Crippen molar-refractivity contribution in [1.29, 1.82) is 0 Å². The number of benzene rings is 1. The maximum absolute atomic E-state index is 13.8. The van der Waals surface area contributed by atoms with Crippen LogP contribution in [0.2, 0.25) is 10.0 Å². The van der Waals surface area contributed by atoms with Gasteiger partial charge < -0.3 is 18.7 Å². The van der Waals surface area contributed by atoms with Crippen LogP contribution >= 0.6 is 35.0 Å². The third kappa shape index (κ3) is 7.03. The van der Waals surface area contributed by atoms with Crippen LogP contribution in [-0.4, -0.2) is 64.7 Å². The van der Waals surface area contributed by atoms with E-state index in [9.17, 15) is 22.0 Å². The Hall–Kier alpha value is -3.24. The fourth-order valence-electron chi connectivity index (χ4n) is 4.86. The van der Waals surface area contributed by atoms with E-state index in [0.717, 1.165) is 35.1 Å². The molecule has 1 saturated heterocycles. The minimum atomic E-state index is -4.20. The predicted octanol–water partition coefficient (Wildman–Crippen LogP) is 6.21. The van der Waals surface area contributed by atoms with Gasteiger partial charge in [0.1, 0.15) is 11.0 Å². The van der Waals surface area contributed by atoms with Crippen molar-refractivity contribution in [1.82, 2.24) is 19.4 Å². The lowest BCUT2D eigenvalue weighted by Crippen LogP contribution is -2.40. The van der Waals surface area contributed by atoms with E-state index in [1.807, 2.05) is 0 Å². The smallest absolute Gasteiger partial charge is 0.387 e. The second-order valence-corrected chi connectivity index (χ2v) is 14.6. The zero-order valence-corrected chi connectivity index (χ0v) is 27.2. The Bertz CT molecular complexity index is 1860. The molecular formula is C29H26Cl2F2N4O7S2. The number of halogens is 4. The first kappa shape index (κ1) is 32.7. The number of thioether (sulfide) groups is 1. The van der Waals surface area contributed by atoms with Crippen LogP contribution in [0.4, 0.5) is 8.78 Å². The van der Waals surface area contributed by atoms with Crippen molar-refractivity contribution >= 4 is 62.1 Å². The molecule has 0 amide bonds. The Morgan fingerprint density at radius 2 is 1.91 bits per heavy atom. The van der Waals surface area contributed by atoms with Crippen LogP contribution in [0, 0.1) is 12.8 Å². The summed E-state index contributed by atoms with van der Waals surface area (Å²) in [5.74, 6) is -0.346. The summed E-state index contributed by atoms with van der Waals surface area (Å²) < 4.78 is 76.5. The third-order valence-corrected chi connectivity index (χ3v) is 11.3. The van der Waals surface area contributed by atoms with Gasteiger partial charge >= 0.3 is 12.6 Å². The van der Waals surface area contributed by atoms with Crippen molar-refractivity contribution in [3.63, 3.8) is 0 Å². The molecule has 1 unspecified atom stereocenters. The van der Waals surface area contributed by atoms with Gasteiger partial charge in [-0.25, -0.2) is 18.2 Å². The number of ether oxygens (including phenoxy) is 3. The standard InChI is InChI=1S/C29H26Cl2F2N4O7S2/c1-15-19-9-18(11-35-26(19)44-36-15)46(39,40)37-6-7-45-27(37)28(38)42-24(10-20-21(30)12-34-13-22(20)31)17-4-5-23(43-29(32)33)25(8-17)41-14-16-2-3-16/h4-5,8-9,11-13,16,24,27,29H,2-3,6-7,10,14H2,1H3/t24?,27-/m0/s1. The van der Waals surface area contributed by atoms with E-state index < -0.39 is 34.1 Å². The minimum Gasteiger partial charge on any atom is -0.489 e. The van der Waals surface area contributed by atoms with Crippen molar-refractivity contribution in [2.45, 2.75) is 49.2 Å². The zero-order valence-electron chi connectivity index (χ0n) is 24.1. The average molecular weight is 716 g/mol. The van der Waals surface area contributed by atoms with Gasteiger partial charge in [0.2, 0.25) is 10.0 Å². The number of nitrogens with zero attached hydrogens (tertiary/aromatic N) is 4. The van der Waals surface area contributed by atoms with Crippen LogP contribution in [0.5, 0.6) is 11.5 Å². The fourth-order valence-corrected chi connectivity index (χ4v) is 8.40. The number of rotatable bonds is 12. The van der Waals surface area contributed by atoms with Gasteiger partial charge in [-0.1, -0.05) is 34.4 Å². The van der Waals surface area contributed by atoms with Crippen molar-refractivity contribution in [2.24, 2.45) is 5.92 Å². The highest BCUT2D eigenvalue weighted by molar-refractivity contribution is 8.02. The Kier molecular flexibility index (Phi) is 9.57. The van der Waals surface area contributed by atoms with Crippen LogP contribution in [0.15, 0.2) is 52.3 Å². The van der Waals surface area contributed by atoms with E-state index in [2.05, 4.69) is 19.9 Å². The molecule has 1 aliphatic carbocycles. The van der Waals surface area contributed by atoms with Gasteiger partial charge in [-0.2, -0.15) is 13.1 Å². The van der Waals surface area contributed by atoms with Gasteiger partial charge in [0.25, 0.3) is 5.71 Å². The SMILES string of the molecule is Cc1noc2ncc(S(=O)(=O)N3CCS[C@H]3C(=O)OC(Cc3c(Cl)cncc3Cl)c3ccc(OC(F)F)c(OCC4CC4)c3)cc12. The Morgan fingerprint density at radius 3 is 2.63 bits per heavy atom. The van der Waals surface area contributed by atoms with Gasteiger partial charge in [0, 0.05) is 31.1 Å². The molecule has 1 aromatic carbocycles. The molecule has 1 aliphatic heterocycles. The normalized spacial score (nSPS) is 17.8. The third-order valence-electron chi connectivity index (χ3n) is 7.47. The summed E-state index contributed by atoms with van der Waals surface area (Å²) in [7, 11) is -4.20. The van der Waals surface area contributed by atoms with Crippen molar-refractivity contribution in [3.8, 4) is 11.5 Å². The van der Waals surface area contributed by atoms with E-state index in [4.69, 9.17) is 37.2 Å². The highest BCUT2D eigenvalue weighted by Gasteiger charge is 2.42. The number of pyridine rings is 2. The molecule has 1 saturated carbocycles. The molecule has 17 heteroatoms. The van der Waals surface area contributed by atoms with Crippen LogP contribution in [0.3, 0.4) is 0 Å². The lowest BCUT2D eigenvalue weighted by atomic mass is 10.0. The monoisotopic (exact) mass is 714 g/mol. The molecule has 3 aromatic heterocycles. The van der Waals surface area contributed by atoms with E-state index >= 15 is 0 Å². The summed E-state index contributed by atoms with van der Waals surface area (Å²) in [6.07, 6.45) is 4.72. The second-order valence-electron chi connectivity index (χ2n) is 10.7. The van der Waals surface area contributed by atoms with Crippen molar-refractivity contribution in [3.05, 3.63) is 69.7 Å². The fraction of sp³-hybridized carbons (Fsp3) is 0.379. The minimum absolute atomic E-state index is 0.0406. The summed E-state index contributed by atoms with van der Waals surface area (Å²) >= 11 is 13.9. The average Bonchev–Trinajstić information content (AvgIpc) is 3.57. The van der Waals surface area contributed by atoms with Crippen LogP contribution in [0.1, 0.15) is 35.8 Å². The topological polar surface area (TPSA) is 134 Å². The Morgan fingerprint density at radius 1 is 1.15 bits per heavy atom. The van der Waals surface area contributed by atoms with Gasteiger partial charge in [-0.3, -0.25) is 4.98 Å². The first-order chi connectivity index (χ1) is 22.0. The first-order valence-electron chi connectivity index (χ1n) is 14.1. The molecule has 11 nitrogen and oxygen atoms in total. The number of carbonyl (C=O) groups is 1. The lowest BCUT2D eigenvalue weighted by molar-refractivity contribution is -0.150. The summed E-state index contributed by atoms with van der Waals surface area (Å²) in [6, 6.07) is 5.62. The Balaban J connectivity index is 1.31. The maximum atomic E-state index is 13.8. The van der Waals surface area contributed by atoms with E-state index in [0.29, 0.717) is 40.5 Å². The molecule has 0 N–H and O–H groups in total. The van der Waals surface area contributed by atoms with Gasteiger partial charge in [-0.15, -0.1) is 11.8 Å². The quantitative estimate of drug-likeness (QED) is 0.155. The predicted molar refractivity (Wildman–Crippen MR) is 165 cm³/mol. The molecule has 4 heterocycles. The van der Waals surface area contributed by atoms with E-state index in [1.54, 1.807) is 6.92 Å². The molecule has 0 radical (unpaired) electrons. The largest absolute Gasteiger partial charge is 0.489 e. The van der Waals surface area contributed by atoms with Crippen molar-refractivity contribution in [2.75, 3.05) is 18.9 Å². The van der Waals surface area contributed by atoms with E-state index in [-0.39, 0.29) is 45.1 Å². The molecular weight excluding hydrogens is 689 g/mol. The number of sulfonamides is 1. The molecule has 2 aliphatic rings. The van der Waals surface area contributed by atoms with Crippen LogP contribution < -0.4 is 9.47 Å². The van der Waals surface area contributed by atoms with Gasteiger partial charge in [0.05, 0.1) is 33.9 Å². The lowest BCUT2D eigenvalue weighted by Gasteiger charge is -2.26. The molecule has 46 heavy (non-hydrogen) atoms. The number of carbonyl (C=O) groups excluding carboxylic acids is 1. The molecule has 0 spiro atoms. The highest BCUT2D eigenvalue weighted by atomic mass is 35.5. The summed E-state index contributed by atoms with van der Waals surface area (Å²) in [6.45, 7) is -1.09. The van der Waals surface area contributed by atoms with Gasteiger partial charge in [-0.05, 0) is 55.0 Å². The molecule has 6 rings (SSSR count). The number of aryl methyl sites for hydroxylation is 1. The van der Waals surface area contributed by atoms with Crippen LogP contribution in [-0.2, 0) is 26.0 Å². The molecule has 244 valence electrons. The number of hydrogen-bond donors (Lipinski definition) is 0. The summed E-state index contributed by atoms with van der Waals surface area (Å²) in [5, 5.41) is 3.43. The number of hydrogen-bond acceptors (Lipinski definition) is 11. The first-order valence-corrected chi connectivity index (χ1v) is 17.3. The number of esters is 1. The maximum Gasteiger partial charge on any atom is 0.387 e. The van der Waals surface area contributed by atoms with Gasteiger partial charge in [0.15, 0.2) is 16.9 Å². The number of fused-ring (bicyclic) bond motifs is 1. The van der Waals surface area contributed by atoms with Crippen molar-refractivity contribution < 1.29 is 40.7 Å². The molecule has 2 atom stereocenters. The number of alkyl halides is 2. The summed E-state index contributed by atoms with van der Waals surface area (Å²) in [5.41, 5.74) is 1.43. The van der Waals surface area contributed by atoms with E-state index in [1.165, 1.54) is 36.7 Å².